The Morgan fingerprint density at radius 3 is 2.53 bits per heavy atom. The van der Waals surface area contributed by atoms with E-state index in [9.17, 15) is 13.2 Å². The minimum atomic E-state index is -4.23. The summed E-state index contributed by atoms with van der Waals surface area (Å²) in [6.45, 7) is 0.204. The van der Waals surface area contributed by atoms with Crippen LogP contribution in [-0.2, 0) is 6.54 Å². The zero-order chi connectivity index (χ0) is 13.7. The number of hydrogen-bond donors (Lipinski definition) is 2. The number of rotatable bonds is 5. The van der Waals surface area contributed by atoms with Crippen LogP contribution >= 0.6 is 0 Å². The number of H-pyrrole nitrogens is 1. The third kappa shape index (κ3) is 4.36. The van der Waals surface area contributed by atoms with E-state index in [0.29, 0.717) is 11.4 Å². The number of aromatic nitrogens is 3. The largest absolute Gasteiger partial charge is 0.390 e. The number of halogens is 3. The van der Waals surface area contributed by atoms with Crippen molar-refractivity contribution < 1.29 is 13.2 Å². The average molecular weight is 270 g/mol. The van der Waals surface area contributed by atoms with E-state index < -0.39 is 18.6 Å². The molecule has 0 fully saturated rings. The van der Waals surface area contributed by atoms with Gasteiger partial charge in [0.15, 0.2) is 0 Å². The predicted octanol–water partition coefficient (Wildman–Crippen LogP) is 2.59. The Kier molecular flexibility index (Phi) is 4.16. The van der Waals surface area contributed by atoms with E-state index in [0.717, 1.165) is 0 Å². The first-order valence-corrected chi connectivity index (χ1v) is 5.74. The van der Waals surface area contributed by atoms with Gasteiger partial charge in [-0.2, -0.15) is 18.3 Å². The molecule has 1 heterocycles. The molecule has 1 aromatic heterocycles. The smallest absolute Gasteiger partial charge is 0.303 e. The van der Waals surface area contributed by atoms with Crippen LogP contribution in [0.5, 0.6) is 0 Å². The van der Waals surface area contributed by atoms with E-state index in [1.807, 2.05) is 0 Å². The molecule has 4 nitrogen and oxygen atoms in total. The lowest BCUT2D eigenvalue weighted by Gasteiger charge is -2.20. The second-order valence-electron chi connectivity index (χ2n) is 4.10. The molecular formula is C12H13F3N4. The van der Waals surface area contributed by atoms with Crippen LogP contribution in [0.25, 0.3) is 0 Å². The Labute approximate surface area is 108 Å². The third-order valence-corrected chi connectivity index (χ3v) is 2.62. The van der Waals surface area contributed by atoms with E-state index >= 15 is 0 Å². The summed E-state index contributed by atoms with van der Waals surface area (Å²) in [6.07, 6.45) is -3.83. The summed E-state index contributed by atoms with van der Waals surface area (Å²) in [5.41, 5.74) is 0.597. The summed E-state index contributed by atoms with van der Waals surface area (Å²) in [6, 6.07) is 7.74. The van der Waals surface area contributed by atoms with Crippen LogP contribution in [0.3, 0.4) is 0 Å². The Bertz CT molecular complexity index is 481. The third-order valence-electron chi connectivity index (χ3n) is 2.62. The van der Waals surface area contributed by atoms with E-state index in [4.69, 9.17) is 0 Å². The lowest BCUT2D eigenvalue weighted by atomic mass is 10.0. The van der Waals surface area contributed by atoms with Crippen LogP contribution in [0, 0.1) is 0 Å². The molecule has 2 N–H and O–H groups in total. The van der Waals surface area contributed by atoms with Gasteiger partial charge in [-0.3, -0.25) is 5.10 Å². The standard InChI is InChI=1S/C12H13F3N4/c13-12(14,15)6-10(9-4-2-1-3-5-9)16-7-11-17-8-18-19-11/h1-5,8,10,16H,6-7H2,(H,17,18,19). The average Bonchev–Trinajstić information content (AvgIpc) is 2.87. The van der Waals surface area contributed by atoms with Gasteiger partial charge in [0.05, 0.1) is 13.0 Å². The Hall–Kier alpha value is -1.89. The molecular weight excluding hydrogens is 257 g/mol. The molecule has 1 atom stereocenters. The predicted molar refractivity (Wildman–Crippen MR) is 63.1 cm³/mol. The first kappa shape index (κ1) is 13.5. The quantitative estimate of drug-likeness (QED) is 0.878. The van der Waals surface area contributed by atoms with E-state index in [1.54, 1.807) is 30.3 Å². The van der Waals surface area contributed by atoms with Crippen molar-refractivity contribution in [3.05, 3.63) is 48.0 Å². The highest BCUT2D eigenvalue weighted by atomic mass is 19.4. The molecule has 0 aliphatic rings. The molecule has 2 aromatic rings. The van der Waals surface area contributed by atoms with Crippen LogP contribution in [0.4, 0.5) is 13.2 Å². The number of nitrogens with one attached hydrogen (secondary N) is 2. The number of hydrogen-bond acceptors (Lipinski definition) is 3. The highest BCUT2D eigenvalue weighted by Crippen LogP contribution is 2.29. The van der Waals surface area contributed by atoms with E-state index in [2.05, 4.69) is 20.5 Å². The van der Waals surface area contributed by atoms with Gasteiger partial charge in [0, 0.05) is 6.04 Å². The fourth-order valence-corrected chi connectivity index (χ4v) is 1.76. The molecule has 19 heavy (non-hydrogen) atoms. The SMILES string of the molecule is FC(F)(F)CC(NCc1ncn[nH]1)c1ccccc1. The van der Waals surface area contributed by atoms with Crippen molar-refractivity contribution in [2.24, 2.45) is 0 Å². The molecule has 1 unspecified atom stereocenters. The summed E-state index contributed by atoms with van der Waals surface area (Å²) < 4.78 is 37.7. The van der Waals surface area contributed by atoms with Crippen LogP contribution in [0.2, 0.25) is 0 Å². The number of benzene rings is 1. The van der Waals surface area contributed by atoms with Crippen LogP contribution < -0.4 is 5.32 Å². The van der Waals surface area contributed by atoms with Gasteiger partial charge in [0.25, 0.3) is 0 Å². The Morgan fingerprint density at radius 1 is 1.21 bits per heavy atom. The van der Waals surface area contributed by atoms with Gasteiger partial charge < -0.3 is 5.32 Å². The van der Waals surface area contributed by atoms with Crippen molar-refractivity contribution in [1.29, 1.82) is 0 Å². The molecule has 0 bridgehead atoms. The first-order chi connectivity index (χ1) is 9.04. The molecule has 0 saturated carbocycles. The van der Waals surface area contributed by atoms with Gasteiger partial charge in [-0.15, -0.1) is 0 Å². The lowest BCUT2D eigenvalue weighted by molar-refractivity contribution is -0.140. The molecule has 0 saturated heterocycles. The molecule has 0 spiro atoms. The molecule has 0 aliphatic heterocycles. The molecule has 2 rings (SSSR count). The van der Waals surface area contributed by atoms with Gasteiger partial charge in [-0.1, -0.05) is 30.3 Å². The first-order valence-electron chi connectivity index (χ1n) is 5.74. The highest BCUT2D eigenvalue weighted by Gasteiger charge is 2.32. The maximum absolute atomic E-state index is 12.6. The zero-order valence-corrected chi connectivity index (χ0v) is 9.98. The van der Waals surface area contributed by atoms with Crippen molar-refractivity contribution in [2.45, 2.75) is 25.2 Å². The second-order valence-corrected chi connectivity index (χ2v) is 4.10. The minimum absolute atomic E-state index is 0.204. The maximum Gasteiger partial charge on any atom is 0.390 e. The normalized spacial score (nSPS) is 13.4. The van der Waals surface area contributed by atoms with Gasteiger partial charge in [-0.25, -0.2) is 4.98 Å². The van der Waals surface area contributed by atoms with Gasteiger partial charge in [0.2, 0.25) is 0 Å². The summed E-state index contributed by atoms with van der Waals surface area (Å²) >= 11 is 0. The summed E-state index contributed by atoms with van der Waals surface area (Å²) in [4.78, 5) is 3.87. The molecule has 0 amide bonds. The summed E-state index contributed by atoms with van der Waals surface area (Å²) in [7, 11) is 0. The number of nitrogens with zero attached hydrogens (tertiary/aromatic N) is 2. The van der Waals surface area contributed by atoms with Crippen molar-refractivity contribution in [2.75, 3.05) is 0 Å². The monoisotopic (exact) mass is 270 g/mol. The Morgan fingerprint density at radius 2 is 1.95 bits per heavy atom. The van der Waals surface area contributed by atoms with E-state index in [1.165, 1.54) is 6.33 Å². The fraction of sp³-hybridized carbons (Fsp3) is 0.333. The second kappa shape index (κ2) is 5.83. The minimum Gasteiger partial charge on any atom is -0.303 e. The van der Waals surface area contributed by atoms with Gasteiger partial charge in [0.1, 0.15) is 12.2 Å². The summed E-state index contributed by atoms with van der Waals surface area (Å²) in [5.74, 6) is 0.503. The fourth-order valence-electron chi connectivity index (χ4n) is 1.76. The van der Waals surface area contributed by atoms with E-state index in [-0.39, 0.29) is 6.54 Å². The van der Waals surface area contributed by atoms with Gasteiger partial charge in [-0.05, 0) is 5.56 Å². The lowest BCUT2D eigenvalue weighted by Crippen LogP contribution is -2.26. The Balaban J connectivity index is 2.06. The van der Waals surface area contributed by atoms with Crippen LogP contribution in [-0.4, -0.2) is 21.4 Å². The summed E-state index contributed by atoms with van der Waals surface area (Å²) in [5, 5.41) is 9.09. The van der Waals surface area contributed by atoms with Crippen molar-refractivity contribution in [3.63, 3.8) is 0 Å². The zero-order valence-electron chi connectivity index (χ0n) is 9.98. The molecule has 0 aliphatic carbocycles. The highest BCUT2D eigenvalue weighted by molar-refractivity contribution is 5.19. The number of alkyl halides is 3. The molecule has 0 radical (unpaired) electrons. The maximum atomic E-state index is 12.6. The molecule has 102 valence electrons. The molecule has 1 aromatic carbocycles. The number of aromatic amines is 1. The van der Waals surface area contributed by atoms with Gasteiger partial charge >= 0.3 is 6.18 Å². The van der Waals surface area contributed by atoms with Crippen LogP contribution in [0.1, 0.15) is 23.9 Å². The van der Waals surface area contributed by atoms with Crippen molar-refractivity contribution in [3.8, 4) is 0 Å². The van der Waals surface area contributed by atoms with Crippen molar-refractivity contribution >= 4 is 0 Å². The van der Waals surface area contributed by atoms with Crippen LogP contribution in [0.15, 0.2) is 36.7 Å². The van der Waals surface area contributed by atoms with Crippen molar-refractivity contribution in [1.82, 2.24) is 20.5 Å². The molecule has 7 heteroatoms. The topological polar surface area (TPSA) is 53.6 Å².